The molecule has 0 aromatic heterocycles. The van der Waals surface area contributed by atoms with Gasteiger partial charge < -0.3 is 19.5 Å². The average molecular weight is 497 g/mol. The molecule has 0 bridgehead atoms. The van der Waals surface area contributed by atoms with Gasteiger partial charge in [-0.1, -0.05) is 24.3 Å². The minimum Gasteiger partial charge on any atom is -0.493 e. The minimum absolute atomic E-state index is 0.169. The van der Waals surface area contributed by atoms with Crippen molar-refractivity contribution in [3.8, 4) is 17.2 Å². The van der Waals surface area contributed by atoms with Crippen LogP contribution in [0, 0.1) is 0 Å². The van der Waals surface area contributed by atoms with E-state index in [0.29, 0.717) is 43.2 Å². The first-order chi connectivity index (χ1) is 16.9. The van der Waals surface area contributed by atoms with E-state index < -0.39 is 10.0 Å². The van der Waals surface area contributed by atoms with E-state index in [4.69, 9.17) is 14.2 Å². The zero-order valence-corrected chi connectivity index (χ0v) is 20.5. The van der Waals surface area contributed by atoms with E-state index in [0.717, 1.165) is 16.8 Å². The fourth-order valence-corrected chi connectivity index (χ4v) is 5.48. The van der Waals surface area contributed by atoms with Crippen molar-refractivity contribution >= 4 is 21.6 Å². The number of rotatable bonds is 10. The van der Waals surface area contributed by atoms with Crippen molar-refractivity contribution in [3.05, 3.63) is 77.9 Å². The second kappa shape index (κ2) is 10.7. The lowest BCUT2D eigenvalue weighted by Crippen LogP contribution is -2.30. The zero-order valence-electron chi connectivity index (χ0n) is 19.7. The van der Waals surface area contributed by atoms with Crippen LogP contribution in [0.15, 0.2) is 71.6 Å². The minimum atomic E-state index is -3.67. The number of methoxy groups -OCH3 is 2. The van der Waals surface area contributed by atoms with Gasteiger partial charge in [0.15, 0.2) is 18.1 Å². The molecule has 1 heterocycles. The maximum atomic E-state index is 13.1. The molecule has 35 heavy (non-hydrogen) atoms. The van der Waals surface area contributed by atoms with Crippen molar-refractivity contribution < 1.29 is 27.4 Å². The largest absolute Gasteiger partial charge is 0.493 e. The summed E-state index contributed by atoms with van der Waals surface area (Å²) in [7, 11) is -0.509. The maximum Gasteiger partial charge on any atom is 0.264 e. The smallest absolute Gasteiger partial charge is 0.264 e. The Labute approximate surface area is 205 Å². The van der Waals surface area contributed by atoms with E-state index in [1.807, 2.05) is 42.5 Å². The van der Waals surface area contributed by atoms with Gasteiger partial charge in [0.25, 0.3) is 15.9 Å². The molecule has 0 radical (unpaired) electrons. The third kappa shape index (κ3) is 5.51. The number of anilines is 1. The highest BCUT2D eigenvalue weighted by Gasteiger charge is 2.30. The van der Waals surface area contributed by atoms with Crippen LogP contribution in [0.3, 0.4) is 0 Å². The van der Waals surface area contributed by atoms with Crippen LogP contribution < -0.4 is 23.8 Å². The van der Waals surface area contributed by atoms with Gasteiger partial charge in [-0.05, 0) is 66.4 Å². The highest BCUT2D eigenvalue weighted by Crippen LogP contribution is 2.33. The van der Waals surface area contributed by atoms with Gasteiger partial charge >= 0.3 is 0 Å². The first-order valence-corrected chi connectivity index (χ1v) is 12.7. The summed E-state index contributed by atoms with van der Waals surface area (Å²) in [5, 5.41) is 2.81. The van der Waals surface area contributed by atoms with Gasteiger partial charge in [0.05, 0.1) is 24.8 Å². The SMILES string of the molecule is COc1ccc(CCNC(=O)COc2ccc(S(=O)(=O)N3CCc4ccccc43)cc2)cc1OC. The summed E-state index contributed by atoms with van der Waals surface area (Å²) in [6.07, 6.45) is 1.32. The number of sulfonamides is 1. The second-order valence-electron chi connectivity index (χ2n) is 8.01. The first kappa shape index (κ1) is 24.4. The normalized spacial score (nSPS) is 12.7. The van der Waals surface area contributed by atoms with Gasteiger partial charge in [-0.25, -0.2) is 8.42 Å². The van der Waals surface area contributed by atoms with Gasteiger partial charge in [0.2, 0.25) is 0 Å². The number of fused-ring (bicyclic) bond motifs is 1. The van der Waals surface area contributed by atoms with E-state index in [1.165, 1.54) is 16.4 Å². The lowest BCUT2D eigenvalue weighted by atomic mass is 10.1. The molecule has 0 fully saturated rings. The van der Waals surface area contributed by atoms with E-state index in [9.17, 15) is 13.2 Å². The number of para-hydroxylation sites is 1. The van der Waals surface area contributed by atoms with Crippen LogP contribution in [0.25, 0.3) is 0 Å². The van der Waals surface area contributed by atoms with Gasteiger partial charge in [-0.2, -0.15) is 0 Å². The molecule has 0 atom stereocenters. The fraction of sp³-hybridized carbons (Fsp3) is 0.269. The third-order valence-corrected chi connectivity index (χ3v) is 7.64. The molecular formula is C26H28N2O6S. The Morgan fingerprint density at radius 3 is 2.46 bits per heavy atom. The molecule has 1 N–H and O–H groups in total. The molecule has 184 valence electrons. The highest BCUT2D eigenvalue weighted by atomic mass is 32.2. The number of nitrogens with one attached hydrogen (secondary N) is 1. The predicted molar refractivity (Wildman–Crippen MR) is 133 cm³/mol. The number of nitrogens with zero attached hydrogens (tertiary/aromatic N) is 1. The second-order valence-corrected chi connectivity index (χ2v) is 9.87. The highest BCUT2D eigenvalue weighted by molar-refractivity contribution is 7.92. The van der Waals surface area contributed by atoms with Gasteiger partial charge in [-0.15, -0.1) is 0 Å². The summed E-state index contributed by atoms with van der Waals surface area (Å²) in [5.41, 5.74) is 2.74. The fourth-order valence-electron chi connectivity index (χ4n) is 3.98. The number of hydrogen-bond donors (Lipinski definition) is 1. The van der Waals surface area contributed by atoms with Gasteiger partial charge in [0.1, 0.15) is 5.75 Å². The van der Waals surface area contributed by atoms with Crippen LogP contribution in [0.1, 0.15) is 11.1 Å². The topological polar surface area (TPSA) is 94.2 Å². The van der Waals surface area contributed by atoms with E-state index >= 15 is 0 Å². The summed E-state index contributed by atoms with van der Waals surface area (Å²) in [4.78, 5) is 12.3. The third-order valence-electron chi connectivity index (χ3n) is 5.81. The molecular weight excluding hydrogens is 468 g/mol. The molecule has 0 saturated heterocycles. The van der Waals surface area contributed by atoms with Crippen LogP contribution in [0.5, 0.6) is 17.2 Å². The summed E-state index contributed by atoms with van der Waals surface area (Å²) >= 11 is 0. The number of amides is 1. The van der Waals surface area contributed by atoms with Crippen molar-refractivity contribution in [3.63, 3.8) is 0 Å². The Bertz CT molecular complexity index is 1290. The molecule has 0 saturated carbocycles. The summed E-state index contributed by atoms with van der Waals surface area (Å²) in [6.45, 7) is 0.688. The summed E-state index contributed by atoms with van der Waals surface area (Å²) < 4.78 is 43.7. The molecule has 0 spiro atoms. The van der Waals surface area contributed by atoms with Crippen molar-refractivity contribution in [2.24, 2.45) is 0 Å². The monoisotopic (exact) mass is 496 g/mol. The van der Waals surface area contributed by atoms with Crippen LogP contribution in [-0.4, -0.2) is 48.2 Å². The Morgan fingerprint density at radius 1 is 0.971 bits per heavy atom. The number of carbonyl (C=O) groups excluding carboxylic acids is 1. The molecule has 0 aliphatic carbocycles. The van der Waals surface area contributed by atoms with Gasteiger partial charge in [-0.3, -0.25) is 9.10 Å². The van der Waals surface area contributed by atoms with Crippen LogP contribution >= 0.6 is 0 Å². The van der Waals surface area contributed by atoms with Crippen LogP contribution in [0.2, 0.25) is 0 Å². The lowest BCUT2D eigenvalue weighted by Gasteiger charge is -2.19. The number of carbonyl (C=O) groups is 1. The number of hydrogen-bond acceptors (Lipinski definition) is 6. The Balaban J connectivity index is 1.27. The van der Waals surface area contributed by atoms with Crippen LogP contribution in [0.4, 0.5) is 5.69 Å². The molecule has 1 amide bonds. The molecule has 3 aromatic carbocycles. The number of ether oxygens (including phenoxy) is 3. The zero-order chi connectivity index (χ0) is 24.8. The van der Waals surface area contributed by atoms with Crippen molar-refractivity contribution in [2.75, 3.05) is 38.2 Å². The maximum absolute atomic E-state index is 13.1. The first-order valence-electron chi connectivity index (χ1n) is 11.2. The van der Waals surface area contributed by atoms with E-state index in [-0.39, 0.29) is 17.4 Å². The molecule has 8 nitrogen and oxygen atoms in total. The molecule has 1 aliphatic rings. The summed E-state index contributed by atoms with van der Waals surface area (Å²) in [5.74, 6) is 1.44. The predicted octanol–water partition coefficient (Wildman–Crippen LogP) is 3.19. The van der Waals surface area contributed by atoms with Crippen LogP contribution in [-0.2, 0) is 27.7 Å². The Morgan fingerprint density at radius 2 is 1.71 bits per heavy atom. The van der Waals surface area contributed by atoms with Crippen molar-refractivity contribution in [1.82, 2.24) is 5.32 Å². The Hall–Kier alpha value is -3.72. The van der Waals surface area contributed by atoms with E-state index in [2.05, 4.69) is 5.32 Å². The molecule has 1 aliphatic heterocycles. The van der Waals surface area contributed by atoms with Crippen molar-refractivity contribution in [2.45, 2.75) is 17.7 Å². The standard InChI is InChI=1S/C26H28N2O6S/c1-32-24-12-7-19(17-25(24)33-2)13-15-27-26(29)18-34-21-8-10-22(11-9-21)35(30,31)28-16-14-20-5-3-4-6-23(20)28/h3-12,17H,13-16,18H2,1-2H3,(H,27,29). The number of benzene rings is 3. The Kier molecular flexibility index (Phi) is 7.45. The molecule has 9 heteroatoms. The summed E-state index contributed by atoms with van der Waals surface area (Å²) in [6, 6.07) is 19.3. The van der Waals surface area contributed by atoms with Gasteiger partial charge in [0, 0.05) is 13.1 Å². The lowest BCUT2D eigenvalue weighted by molar-refractivity contribution is -0.123. The quantitative estimate of drug-likeness (QED) is 0.463. The molecule has 4 rings (SSSR count). The van der Waals surface area contributed by atoms with Crippen molar-refractivity contribution in [1.29, 1.82) is 0 Å². The molecule has 0 unspecified atom stereocenters. The average Bonchev–Trinajstić information content (AvgIpc) is 3.33. The van der Waals surface area contributed by atoms with E-state index in [1.54, 1.807) is 26.4 Å². The molecule has 3 aromatic rings.